The molecular weight excluding hydrogens is 273 g/mol. The Kier molecular flexibility index (Phi) is 3.27. The summed E-state index contributed by atoms with van der Waals surface area (Å²) in [7, 11) is 0. The Labute approximate surface area is 102 Å². The first-order valence-corrected chi connectivity index (χ1v) is 5.92. The number of nitrogens with zero attached hydrogens (tertiary/aromatic N) is 1. The average Bonchev–Trinajstić information content (AvgIpc) is 2.33. The molecule has 0 saturated carbocycles. The number of ether oxygens (including phenoxy) is 1. The van der Waals surface area contributed by atoms with Gasteiger partial charge in [0.1, 0.15) is 5.82 Å². The summed E-state index contributed by atoms with van der Waals surface area (Å²) in [5.41, 5.74) is 0.348. The van der Waals surface area contributed by atoms with Crippen molar-refractivity contribution < 1.29 is 9.13 Å². The van der Waals surface area contributed by atoms with E-state index in [1.54, 1.807) is 12.1 Å². The highest BCUT2D eigenvalue weighted by molar-refractivity contribution is 9.10. The predicted molar refractivity (Wildman–Crippen MR) is 61.4 cm³/mol. The highest BCUT2D eigenvalue weighted by atomic mass is 79.9. The van der Waals surface area contributed by atoms with Crippen LogP contribution in [0.4, 0.5) is 4.39 Å². The zero-order valence-electron chi connectivity index (χ0n) is 8.67. The van der Waals surface area contributed by atoms with Crippen LogP contribution < -0.4 is 0 Å². The van der Waals surface area contributed by atoms with Crippen molar-refractivity contribution in [1.82, 2.24) is 0 Å². The molecule has 0 N–H and O–H groups in total. The van der Waals surface area contributed by atoms with Crippen molar-refractivity contribution in [1.29, 1.82) is 5.26 Å². The Morgan fingerprint density at radius 2 is 2.06 bits per heavy atom. The average molecular weight is 284 g/mol. The second kappa shape index (κ2) is 4.52. The number of rotatable bonds is 1. The number of hydrogen-bond donors (Lipinski definition) is 0. The fourth-order valence-corrected chi connectivity index (χ4v) is 2.36. The molecule has 1 fully saturated rings. The van der Waals surface area contributed by atoms with Gasteiger partial charge in [0.15, 0.2) is 0 Å². The van der Waals surface area contributed by atoms with Gasteiger partial charge >= 0.3 is 0 Å². The molecule has 2 nitrogen and oxygen atoms in total. The van der Waals surface area contributed by atoms with Crippen LogP contribution in [0.15, 0.2) is 22.7 Å². The first-order chi connectivity index (χ1) is 7.68. The molecule has 0 bridgehead atoms. The second-order valence-corrected chi connectivity index (χ2v) is 4.79. The summed E-state index contributed by atoms with van der Waals surface area (Å²) in [4.78, 5) is 0. The van der Waals surface area contributed by atoms with E-state index in [1.165, 1.54) is 6.07 Å². The Balaban J connectivity index is 2.40. The molecule has 1 aromatic carbocycles. The standard InChI is InChI=1S/C12H11BrFNO/c13-10-7-9(1-2-11(10)14)12(8-15)3-5-16-6-4-12/h1-2,7H,3-6H2. The molecule has 0 spiro atoms. The third kappa shape index (κ3) is 1.98. The van der Waals surface area contributed by atoms with Gasteiger partial charge in [-0.15, -0.1) is 0 Å². The predicted octanol–water partition coefficient (Wildman–Crippen LogP) is 3.16. The Morgan fingerprint density at radius 3 is 2.62 bits per heavy atom. The molecule has 0 aromatic heterocycles. The molecule has 1 aromatic rings. The smallest absolute Gasteiger partial charge is 0.137 e. The molecule has 1 heterocycles. The summed E-state index contributed by atoms with van der Waals surface area (Å²) in [6.45, 7) is 1.17. The minimum atomic E-state index is -0.519. The zero-order chi connectivity index (χ0) is 11.6. The van der Waals surface area contributed by atoms with Crippen molar-refractivity contribution >= 4 is 15.9 Å². The van der Waals surface area contributed by atoms with Gasteiger partial charge in [-0.1, -0.05) is 6.07 Å². The fraction of sp³-hybridized carbons (Fsp3) is 0.417. The third-order valence-corrected chi connectivity index (χ3v) is 3.64. The highest BCUT2D eigenvalue weighted by Crippen LogP contribution is 2.35. The summed E-state index contributed by atoms with van der Waals surface area (Å²) in [5.74, 6) is -0.302. The Bertz CT molecular complexity index is 435. The van der Waals surface area contributed by atoms with Gasteiger partial charge in [0.25, 0.3) is 0 Å². The second-order valence-electron chi connectivity index (χ2n) is 3.94. The van der Waals surface area contributed by atoms with Crippen LogP contribution in [-0.2, 0) is 10.2 Å². The van der Waals surface area contributed by atoms with Gasteiger partial charge in [0, 0.05) is 13.2 Å². The molecule has 0 atom stereocenters. The number of nitriles is 1. The van der Waals surface area contributed by atoms with Gasteiger partial charge < -0.3 is 4.74 Å². The summed E-state index contributed by atoms with van der Waals surface area (Å²) in [5, 5.41) is 9.34. The molecule has 1 saturated heterocycles. The van der Waals surface area contributed by atoms with Gasteiger partial charge in [-0.25, -0.2) is 4.39 Å². The molecule has 0 radical (unpaired) electrons. The number of hydrogen-bond acceptors (Lipinski definition) is 2. The van der Waals surface area contributed by atoms with Gasteiger partial charge in [0.05, 0.1) is 16.0 Å². The van der Waals surface area contributed by atoms with E-state index < -0.39 is 5.41 Å². The van der Waals surface area contributed by atoms with Crippen LogP contribution in [0.3, 0.4) is 0 Å². The van der Waals surface area contributed by atoms with Crippen molar-refractivity contribution in [3.8, 4) is 6.07 Å². The van der Waals surface area contributed by atoms with Crippen LogP contribution in [0.1, 0.15) is 18.4 Å². The van der Waals surface area contributed by atoms with Gasteiger partial charge in [-0.2, -0.15) is 5.26 Å². The lowest BCUT2D eigenvalue weighted by atomic mass is 9.75. The summed E-state index contributed by atoms with van der Waals surface area (Å²) >= 11 is 3.15. The minimum absolute atomic E-state index is 0.302. The first kappa shape index (κ1) is 11.6. The number of halogens is 2. The topological polar surface area (TPSA) is 33.0 Å². The summed E-state index contributed by atoms with van der Waals surface area (Å²) in [6, 6.07) is 7.14. The van der Waals surface area contributed by atoms with Crippen molar-refractivity contribution in [3.05, 3.63) is 34.1 Å². The maximum absolute atomic E-state index is 13.1. The van der Waals surface area contributed by atoms with Crippen LogP contribution in [0.25, 0.3) is 0 Å². The van der Waals surface area contributed by atoms with Crippen molar-refractivity contribution in [3.63, 3.8) is 0 Å². The van der Waals surface area contributed by atoms with Gasteiger partial charge in [0.2, 0.25) is 0 Å². The summed E-state index contributed by atoms with van der Waals surface area (Å²) < 4.78 is 18.8. The van der Waals surface area contributed by atoms with E-state index in [0.717, 1.165) is 5.56 Å². The van der Waals surface area contributed by atoms with E-state index in [2.05, 4.69) is 22.0 Å². The molecule has 84 valence electrons. The van der Waals surface area contributed by atoms with Crippen molar-refractivity contribution in [2.75, 3.05) is 13.2 Å². The molecule has 4 heteroatoms. The van der Waals surface area contributed by atoms with Crippen LogP contribution in [0, 0.1) is 17.1 Å². The molecule has 0 amide bonds. The Hall–Kier alpha value is -0.920. The van der Waals surface area contributed by atoms with E-state index in [-0.39, 0.29) is 5.82 Å². The molecule has 1 aliphatic rings. The van der Waals surface area contributed by atoms with Gasteiger partial charge in [-0.3, -0.25) is 0 Å². The van der Waals surface area contributed by atoms with Crippen LogP contribution in [0.5, 0.6) is 0 Å². The van der Waals surface area contributed by atoms with E-state index >= 15 is 0 Å². The van der Waals surface area contributed by atoms with Crippen LogP contribution in [-0.4, -0.2) is 13.2 Å². The molecule has 1 aliphatic heterocycles. The number of benzene rings is 1. The lowest BCUT2D eigenvalue weighted by Gasteiger charge is -2.31. The maximum atomic E-state index is 13.1. The normalized spacial score (nSPS) is 19.1. The van der Waals surface area contributed by atoms with Crippen molar-refractivity contribution in [2.45, 2.75) is 18.3 Å². The van der Waals surface area contributed by atoms with E-state index in [9.17, 15) is 9.65 Å². The monoisotopic (exact) mass is 283 g/mol. The lowest BCUT2D eigenvalue weighted by Crippen LogP contribution is -2.32. The SMILES string of the molecule is N#CC1(c2ccc(F)c(Br)c2)CCOCC1. The van der Waals surface area contributed by atoms with E-state index in [0.29, 0.717) is 30.5 Å². The largest absolute Gasteiger partial charge is 0.381 e. The quantitative estimate of drug-likeness (QED) is 0.793. The molecule has 16 heavy (non-hydrogen) atoms. The van der Waals surface area contributed by atoms with Crippen molar-refractivity contribution in [2.24, 2.45) is 0 Å². The minimum Gasteiger partial charge on any atom is -0.381 e. The highest BCUT2D eigenvalue weighted by Gasteiger charge is 2.34. The first-order valence-electron chi connectivity index (χ1n) is 5.12. The van der Waals surface area contributed by atoms with Crippen LogP contribution >= 0.6 is 15.9 Å². The lowest BCUT2D eigenvalue weighted by molar-refractivity contribution is 0.0675. The van der Waals surface area contributed by atoms with Gasteiger partial charge in [-0.05, 0) is 46.5 Å². The molecular formula is C12H11BrFNO. The fourth-order valence-electron chi connectivity index (χ4n) is 1.98. The van der Waals surface area contributed by atoms with Crippen LogP contribution in [0.2, 0.25) is 0 Å². The van der Waals surface area contributed by atoms with E-state index in [1.807, 2.05) is 0 Å². The maximum Gasteiger partial charge on any atom is 0.137 e. The summed E-state index contributed by atoms with van der Waals surface area (Å²) in [6.07, 6.45) is 1.34. The molecule has 0 unspecified atom stereocenters. The zero-order valence-corrected chi connectivity index (χ0v) is 10.3. The third-order valence-electron chi connectivity index (χ3n) is 3.03. The molecule has 2 rings (SSSR count). The van der Waals surface area contributed by atoms with E-state index in [4.69, 9.17) is 4.74 Å². The molecule has 0 aliphatic carbocycles. The Morgan fingerprint density at radius 1 is 1.38 bits per heavy atom.